The van der Waals surface area contributed by atoms with Crippen LogP contribution in [0.4, 0.5) is 4.79 Å². The number of nitrogens with one attached hydrogen (secondary N) is 1. The molecule has 0 aromatic heterocycles. The number of ether oxygens (including phenoxy) is 1. The van der Waals surface area contributed by atoms with Crippen molar-refractivity contribution in [3.63, 3.8) is 0 Å². The van der Waals surface area contributed by atoms with E-state index in [2.05, 4.69) is 5.32 Å². The maximum atomic E-state index is 11.5. The fraction of sp³-hybridized carbons (Fsp3) is 0.500. The lowest BCUT2D eigenvalue weighted by Crippen LogP contribution is -2.30. The second-order valence-electron chi connectivity index (χ2n) is 4.93. The maximum absolute atomic E-state index is 11.5. The Morgan fingerprint density at radius 2 is 1.95 bits per heavy atom. The first-order valence-corrected chi connectivity index (χ1v) is 8.56. The molecule has 1 rings (SSSR count). The molecule has 1 aromatic carbocycles. The summed E-state index contributed by atoms with van der Waals surface area (Å²) < 4.78 is 34.9. The van der Waals surface area contributed by atoms with Gasteiger partial charge in [0.05, 0.1) is 5.75 Å². The quantitative estimate of drug-likeness (QED) is 0.520. The van der Waals surface area contributed by atoms with E-state index in [1.165, 1.54) is 0 Å². The zero-order valence-electron chi connectivity index (χ0n) is 12.6. The Hall–Kier alpha value is -1.64. The summed E-state index contributed by atoms with van der Waals surface area (Å²) in [6, 6.07) is 9.38. The van der Waals surface area contributed by atoms with Crippen LogP contribution in [-0.2, 0) is 21.5 Å². The normalized spacial score (nSPS) is 11.4. The molecule has 7 nitrogen and oxygen atoms in total. The number of hydrogen-bond acceptors (Lipinski definition) is 5. The molecule has 1 amide bonds. The fourth-order valence-electron chi connectivity index (χ4n) is 1.70. The molecule has 0 heterocycles. The molecule has 0 saturated heterocycles. The number of benzene rings is 1. The van der Waals surface area contributed by atoms with E-state index in [0.29, 0.717) is 19.5 Å². The lowest BCUT2D eigenvalue weighted by Gasteiger charge is -2.15. The van der Waals surface area contributed by atoms with E-state index in [1.807, 2.05) is 30.3 Å². The van der Waals surface area contributed by atoms with Crippen molar-refractivity contribution < 1.29 is 22.5 Å². The zero-order chi connectivity index (χ0) is 16.4. The highest BCUT2D eigenvalue weighted by Gasteiger charge is 2.07. The monoisotopic (exact) mass is 330 g/mol. The van der Waals surface area contributed by atoms with Crippen molar-refractivity contribution in [2.75, 3.05) is 32.4 Å². The molecule has 0 aliphatic carbocycles. The van der Waals surface area contributed by atoms with Crippen LogP contribution in [0.2, 0.25) is 0 Å². The van der Waals surface area contributed by atoms with Crippen molar-refractivity contribution >= 4 is 16.2 Å². The van der Waals surface area contributed by atoms with Crippen LogP contribution in [0.3, 0.4) is 0 Å². The molecule has 22 heavy (non-hydrogen) atoms. The fourth-order valence-corrected chi connectivity index (χ4v) is 2.24. The highest BCUT2D eigenvalue weighted by Crippen LogP contribution is 2.00. The van der Waals surface area contributed by atoms with Crippen molar-refractivity contribution in [2.45, 2.75) is 13.0 Å². The molecular weight excluding hydrogens is 308 g/mol. The molecule has 8 heteroatoms. The van der Waals surface area contributed by atoms with Gasteiger partial charge in [0.25, 0.3) is 10.1 Å². The molecule has 0 atom stereocenters. The Balaban J connectivity index is 2.07. The van der Waals surface area contributed by atoms with Gasteiger partial charge in [0.1, 0.15) is 6.61 Å². The summed E-state index contributed by atoms with van der Waals surface area (Å²) in [5.41, 5.74) is 0.919. The van der Waals surface area contributed by atoms with Crippen molar-refractivity contribution in [2.24, 2.45) is 0 Å². The third kappa shape index (κ3) is 9.32. The van der Waals surface area contributed by atoms with Gasteiger partial charge in [-0.1, -0.05) is 30.3 Å². The molecule has 0 radical (unpaired) electrons. The van der Waals surface area contributed by atoms with Gasteiger partial charge in [-0.15, -0.1) is 0 Å². The second-order valence-corrected chi connectivity index (χ2v) is 6.50. The van der Waals surface area contributed by atoms with E-state index >= 15 is 0 Å². The highest BCUT2D eigenvalue weighted by molar-refractivity contribution is 7.85. The van der Waals surface area contributed by atoms with Gasteiger partial charge in [0.2, 0.25) is 0 Å². The second kappa shape index (κ2) is 9.39. The van der Waals surface area contributed by atoms with Crippen LogP contribution in [-0.4, -0.2) is 56.4 Å². The van der Waals surface area contributed by atoms with Crippen molar-refractivity contribution in [3.8, 4) is 0 Å². The molecule has 0 bridgehead atoms. The Bertz CT molecular complexity index is 548. The minimum Gasteiger partial charge on any atom is -0.445 e. The van der Waals surface area contributed by atoms with Crippen LogP contribution in [0.1, 0.15) is 12.0 Å². The minimum absolute atomic E-state index is 0.223. The Labute approximate surface area is 131 Å². The summed E-state index contributed by atoms with van der Waals surface area (Å²) in [6.07, 6.45) is 0.173. The third-order valence-electron chi connectivity index (χ3n) is 2.93. The topological polar surface area (TPSA) is 95.9 Å². The van der Waals surface area contributed by atoms with Gasteiger partial charge >= 0.3 is 6.09 Å². The number of hydrogen-bond donors (Lipinski definition) is 2. The SMILES string of the molecule is CN(CCCNC(=O)OCc1ccccc1)CCS(=O)(=O)O. The number of amides is 1. The molecule has 0 saturated carbocycles. The molecule has 0 aliphatic heterocycles. The van der Waals surface area contributed by atoms with Gasteiger partial charge in [-0.2, -0.15) is 8.42 Å². The predicted octanol–water partition coefficient (Wildman–Crippen LogP) is 1.12. The summed E-state index contributed by atoms with van der Waals surface area (Å²) in [5, 5.41) is 2.63. The van der Waals surface area contributed by atoms with E-state index in [-0.39, 0.29) is 18.9 Å². The summed E-state index contributed by atoms with van der Waals surface area (Å²) >= 11 is 0. The first kappa shape index (κ1) is 18.4. The number of carbonyl (C=O) groups excluding carboxylic acids is 1. The lowest BCUT2D eigenvalue weighted by molar-refractivity contribution is 0.139. The van der Waals surface area contributed by atoms with Crippen molar-refractivity contribution in [3.05, 3.63) is 35.9 Å². The number of nitrogens with zero attached hydrogens (tertiary/aromatic N) is 1. The van der Waals surface area contributed by atoms with Gasteiger partial charge in [0.15, 0.2) is 0 Å². The van der Waals surface area contributed by atoms with Gasteiger partial charge in [-0.25, -0.2) is 4.79 Å². The Morgan fingerprint density at radius 1 is 1.27 bits per heavy atom. The van der Waals surface area contributed by atoms with Crippen LogP contribution in [0.5, 0.6) is 0 Å². The Kier molecular flexibility index (Phi) is 7.86. The van der Waals surface area contributed by atoms with Gasteiger partial charge in [0, 0.05) is 13.1 Å². The summed E-state index contributed by atoms with van der Waals surface area (Å²) in [5.74, 6) is -0.296. The van der Waals surface area contributed by atoms with Gasteiger partial charge in [-0.3, -0.25) is 4.55 Å². The molecule has 0 unspecified atom stereocenters. The molecule has 0 spiro atoms. The molecule has 2 N–H and O–H groups in total. The lowest BCUT2D eigenvalue weighted by atomic mass is 10.2. The standard InChI is InChI=1S/C14H22N2O5S/c1-16(10-11-22(18,19)20)9-5-8-15-14(17)21-12-13-6-3-2-4-7-13/h2-4,6-7H,5,8-12H2,1H3,(H,15,17)(H,18,19,20). The smallest absolute Gasteiger partial charge is 0.407 e. The Morgan fingerprint density at radius 3 is 2.59 bits per heavy atom. The molecular formula is C14H22N2O5S. The van der Waals surface area contributed by atoms with Gasteiger partial charge in [-0.05, 0) is 25.6 Å². The van der Waals surface area contributed by atoms with Crippen LogP contribution in [0.25, 0.3) is 0 Å². The van der Waals surface area contributed by atoms with E-state index in [9.17, 15) is 13.2 Å². The predicted molar refractivity (Wildman–Crippen MR) is 83.2 cm³/mol. The van der Waals surface area contributed by atoms with Gasteiger partial charge < -0.3 is 15.0 Å². The van der Waals surface area contributed by atoms with Crippen LogP contribution < -0.4 is 5.32 Å². The molecule has 124 valence electrons. The summed E-state index contributed by atoms with van der Waals surface area (Å²) in [6.45, 7) is 1.51. The first-order chi connectivity index (χ1) is 10.4. The van der Waals surface area contributed by atoms with E-state index in [4.69, 9.17) is 9.29 Å². The molecule has 0 fully saturated rings. The van der Waals surface area contributed by atoms with Crippen LogP contribution in [0.15, 0.2) is 30.3 Å². The summed E-state index contributed by atoms with van der Waals surface area (Å²) in [7, 11) is -2.18. The average molecular weight is 330 g/mol. The third-order valence-corrected chi connectivity index (χ3v) is 3.63. The van der Waals surface area contributed by atoms with E-state index in [1.54, 1.807) is 11.9 Å². The minimum atomic E-state index is -3.93. The first-order valence-electron chi connectivity index (χ1n) is 6.95. The molecule has 0 aliphatic rings. The largest absolute Gasteiger partial charge is 0.445 e. The van der Waals surface area contributed by atoms with Crippen LogP contribution in [0, 0.1) is 0 Å². The van der Waals surface area contributed by atoms with Crippen LogP contribution >= 0.6 is 0 Å². The average Bonchev–Trinajstić information content (AvgIpc) is 2.48. The highest BCUT2D eigenvalue weighted by atomic mass is 32.2. The van der Waals surface area contributed by atoms with Crippen molar-refractivity contribution in [1.82, 2.24) is 10.2 Å². The number of alkyl carbamates (subject to hydrolysis) is 1. The zero-order valence-corrected chi connectivity index (χ0v) is 13.4. The van der Waals surface area contributed by atoms with E-state index in [0.717, 1.165) is 5.56 Å². The van der Waals surface area contributed by atoms with E-state index < -0.39 is 16.2 Å². The number of carbonyl (C=O) groups is 1. The number of rotatable bonds is 9. The summed E-state index contributed by atoms with van der Waals surface area (Å²) in [4.78, 5) is 13.2. The molecule has 1 aromatic rings. The maximum Gasteiger partial charge on any atom is 0.407 e. The van der Waals surface area contributed by atoms with Crippen molar-refractivity contribution in [1.29, 1.82) is 0 Å².